The number of hydrogen-bond acceptors (Lipinski definition) is 3. The summed E-state index contributed by atoms with van der Waals surface area (Å²) in [6, 6.07) is 17.6. The standard InChI is InChI=1S/C30H28ClFN2O3/c1-30(2)15-13-20(14-16-30)19-7-10-23(11-8-19)34-26-17-22(31)9-12-25(26)33(29(34)36)18-21-5-4-6-24(27(21)32)28(35)37-3/h4-13,17H,14-16,18H2,1-3H3. The minimum Gasteiger partial charge on any atom is -0.465 e. The van der Waals surface area contributed by atoms with Crippen LogP contribution in [0.25, 0.3) is 22.3 Å². The van der Waals surface area contributed by atoms with Gasteiger partial charge >= 0.3 is 11.7 Å². The zero-order chi connectivity index (χ0) is 26.3. The SMILES string of the molecule is COC(=O)c1cccc(Cn2c(=O)n(-c3ccc(C4=CCC(C)(C)CC4)cc3)c3cc(Cl)ccc32)c1F. The van der Waals surface area contributed by atoms with E-state index < -0.39 is 11.8 Å². The number of carbonyl (C=O) groups excluding carboxylic acids is 1. The molecule has 0 bridgehead atoms. The molecule has 190 valence electrons. The Kier molecular flexibility index (Phi) is 6.54. The summed E-state index contributed by atoms with van der Waals surface area (Å²) in [7, 11) is 1.20. The third kappa shape index (κ3) is 4.74. The molecule has 0 radical (unpaired) electrons. The van der Waals surface area contributed by atoms with Crippen LogP contribution in [0.5, 0.6) is 0 Å². The summed E-state index contributed by atoms with van der Waals surface area (Å²) in [6.45, 7) is 4.52. The molecule has 0 aliphatic heterocycles. The fourth-order valence-corrected chi connectivity index (χ4v) is 5.10. The first-order valence-corrected chi connectivity index (χ1v) is 12.6. The van der Waals surface area contributed by atoms with Gasteiger partial charge in [-0.05, 0) is 72.2 Å². The molecule has 0 saturated carbocycles. The molecule has 0 atom stereocenters. The molecule has 1 aliphatic rings. The fourth-order valence-electron chi connectivity index (χ4n) is 4.94. The van der Waals surface area contributed by atoms with Crippen molar-refractivity contribution in [2.75, 3.05) is 7.11 Å². The van der Waals surface area contributed by atoms with Gasteiger partial charge < -0.3 is 4.74 Å². The van der Waals surface area contributed by atoms with Crippen molar-refractivity contribution in [3.05, 3.63) is 105 Å². The number of fused-ring (bicyclic) bond motifs is 1. The largest absolute Gasteiger partial charge is 0.465 e. The Morgan fingerprint density at radius 3 is 2.51 bits per heavy atom. The molecule has 1 heterocycles. The van der Waals surface area contributed by atoms with E-state index in [0.29, 0.717) is 27.2 Å². The van der Waals surface area contributed by atoms with E-state index in [1.165, 1.54) is 23.3 Å². The lowest BCUT2D eigenvalue weighted by atomic mass is 9.77. The number of halogens is 2. The van der Waals surface area contributed by atoms with E-state index in [4.69, 9.17) is 11.6 Å². The van der Waals surface area contributed by atoms with Gasteiger partial charge in [-0.2, -0.15) is 0 Å². The van der Waals surface area contributed by atoms with Crippen LogP contribution in [0.15, 0.2) is 71.5 Å². The molecular weight excluding hydrogens is 491 g/mol. The normalized spacial score (nSPS) is 15.0. The molecule has 5 rings (SSSR count). The lowest BCUT2D eigenvalue weighted by Gasteiger charge is -2.28. The summed E-state index contributed by atoms with van der Waals surface area (Å²) in [5.41, 5.74) is 4.43. The smallest absolute Gasteiger partial charge is 0.340 e. The van der Waals surface area contributed by atoms with Gasteiger partial charge in [0.2, 0.25) is 0 Å². The summed E-state index contributed by atoms with van der Waals surface area (Å²) >= 11 is 6.30. The van der Waals surface area contributed by atoms with Crippen LogP contribution in [0.1, 0.15) is 54.6 Å². The lowest BCUT2D eigenvalue weighted by molar-refractivity contribution is 0.0595. The maximum atomic E-state index is 15.1. The third-order valence-electron chi connectivity index (χ3n) is 7.17. The summed E-state index contributed by atoms with van der Waals surface area (Å²) in [6.07, 6.45) is 5.52. The average Bonchev–Trinajstić information content (AvgIpc) is 3.15. The van der Waals surface area contributed by atoms with Crippen LogP contribution >= 0.6 is 11.6 Å². The number of nitrogens with zero attached hydrogens (tertiary/aromatic N) is 2. The number of rotatable bonds is 5. The van der Waals surface area contributed by atoms with Crippen LogP contribution in [0.3, 0.4) is 0 Å². The van der Waals surface area contributed by atoms with Gasteiger partial charge in [-0.25, -0.2) is 14.0 Å². The van der Waals surface area contributed by atoms with Gasteiger partial charge in [-0.1, -0.05) is 55.8 Å². The number of benzene rings is 3. The molecule has 0 amide bonds. The van der Waals surface area contributed by atoms with Crippen LogP contribution in [-0.4, -0.2) is 22.2 Å². The molecule has 1 aromatic heterocycles. The average molecular weight is 519 g/mol. The van der Waals surface area contributed by atoms with E-state index >= 15 is 4.39 Å². The third-order valence-corrected chi connectivity index (χ3v) is 7.41. The van der Waals surface area contributed by atoms with Crippen LogP contribution in [0.4, 0.5) is 4.39 Å². The Morgan fingerprint density at radius 2 is 1.84 bits per heavy atom. The van der Waals surface area contributed by atoms with Crippen LogP contribution < -0.4 is 5.69 Å². The van der Waals surface area contributed by atoms with Gasteiger partial charge in [0.05, 0.1) is 35.9 Å². The van der Waals surface area contributed by atoms with Crippen LogP contribution in [-0.2, 0) is 11.3 Å². The summed E-state index contributed by atoms with van der Waals surface area (Å²) in [4.78, 5) is 25.7. The maximum absolute atomic E-state index is 15.1. The van der Waals surface area contributed by atoms with Crippen molar-refractivity contribution < 1.29 is 13.9 Å². The number of ether oxygens (including phenoxy) is 1. The number of carbonyl (C=O) groups is 1. The first-order valence-electron chi connectivity index (χ1n) is 12.2. The molecule has 0 spiro atoms. The highest BCUT2D eigenvalue weighted by Gasteiger charge is 2.23. The van der Waals surface area contributed by atoms with Crippen molar-refractivity contribution in [3.63, 3.8) is 0 Å². The fraction of sp³-hybridized carbons (Fsp3) is 0.267. The molecular formula is C30H28ClFN2O3. The topological polar surface area (TPSA) is 53.2 Å². The van der Waals surface area contributed by atoms with Crippen molar-refractivity contribution in [1.82, 2.24) is 9.13 Å². The summed E-state index contributed by atoms with van der Waals surface area (Å²) in [5, 5.41) is 0.490. The van der Waals surface area contributed by atoms with Gasteiger partial charge in [-0.3, -0.25) is 9.13 Å². The molecule has 0 saturated heterocycles. The Morgan fingerprint density at radius 1 is 1.08 bits per heavy atom. The zero-order valence-corrected chi connectivity index (χ0v) is 21.8. The Labute approximate surface area is 219 Å². The molecule has 3 aromatic carbocycles. The highest BCUT2D eigenvalue weighted by atomic mass is 35.5. The zero-order valence-electron chi connectivity index (χ0n) is 21.1. The summed E-state index contributed by atoms with van der Waals surface area (Å²) in [5.74, 6) is -1.47. The molecule has 0 N–H and O–H groups in total. The van der Waals surface area contributed by atoms with E-state index in [1.807, 2.05) is 24.3 Å². The first-order chi connectivity index (χ1) is 17.7. The second kappa shape index (κ2) is 9.67. The number of esters is 1. The molecule has 4 aromatic rings. The molecule has 0 fully saturated rings. The van der Waals surface area contributed by atoms with Gasteiger partial charge in [-0.15, -0.1) is 0 Å². The Bertz CT molecular complexity index is 1600. The van der Waals surface area contributed by atoms with Crippen molar-refractivity contribution >= 4 is 34.2 Å². The molecule has 7 heteroatoms. The number of aromatic nitrogens is 2. The van der Waals surface area contributed by atoms with Gasteiger partial charge in [0.15, 0.2) is 0 Å². The maximum Gasteiger partial charge on any atom is 0.340 e. The molecule has 5 nitrogen and oxygen atoms in total. The summed E-state index contributed by atoms with van der Waals surface area (Å²) < 4.78 is 22.9. The predicted molar refractivity (Wildman–Crippen MR) is 145 cm³/mol. The van der Waals surface area contributed by atoms with Crippen LogP contribution in [0.2, 0.25) is 5.02 Å². The highest BCUT2D eigenvalue weighted by molar-refractivity contribution is 6.31. The van der Waals surface area contributed by atoms with E-state index in [9.17, 15) is 9.59 Å². The molecule has 0 unspecified atom stereocenters. The van der Waals surface area contributed by atoms with E-state index in [2.05, 4.69) is 24.7 Å². The minimum absolute atomic E-state index is 0.0542. The minimum atomic E-state index is -0.766. The first kappa shape index (κ1) is 25.0. The van der Waals surface area contributed by atoms with E-state index in [1.54, 1.807) is 34.9 Å². The lowest BCUT2D eigenvalue weighted by Crippen LogP contribution is -2.24. The predicted octanol–water partition coefficient (Wildman–Crippen LogP) is 7.01. The van der Waals surface area contributed by atoms with Crippen molar-refractivity contribution in [2.45, 2.75) is 39.7 Å². The van der Waals surface area contributed by atoms with E-state index in [-0.39, 0.29) is 23.4 Å². The quantitative estimate of drug-likeness (QED) is 0.267. The second-order valence-corrected chi connectivity index (χ2v) is 10.7. The van der Waals surface area contributed by atoms with Crippen LogP contribution in [0, 0.1) is 11.2 Å². The highest BCUT2D eigenvalue weighted by Crippen LogP contribution is 2.38. The van der Waals surface area contributed by atoms with Crippen molar-refractivity contribution in [1.29, 1.82) is 0 Å². The van der Waals surface area contributed by atoms with Crippen molar-refractivity contribution in [3.8, 4) is 5.69 Å². The number of imidazole rings is 1. The Hall–Kier alpha value is -3.64. The monoisotopic (exact) mass is 518 g/mol. The number of hydrogen-bond donors (Lipinski definition) is 0. The van der Waals surface area contributed by atoms with Crippen molar-refractivity contribution in [2.24, 2.45) is 5.41 Å². The second-order valence-electron chi connectivity index (χ2n) is 10.3. The van der Waals surface area contributed by atoms with Gasteiger partial charge in [0, 0.05) is 10.6 Å². The number of methoxy groups -OCH3 is 1. The van der Waals surface area contributed by atoms with E-state index in [0.717, 1.165) is 24.8 Å². The number of allylic oxidation sites excluding steroid dienone is 2. The Balaban J connectivity index is 1.57. The molecule has 1 aliphatic carbocycles. The molecule has 37 heavy (non-hydrogen) atoms. The van der Waals surface area contributed by atoms with Gasteiger partial charge in [0.25, 0.3) is 0 Å². The van der Waals surface area contributed by atoms with Gasteiger partial charge in [0.1, 0.15) is 5.82 Å².